The summed E-state index contributed by atoms with van der Waals surface area (Å²) in [5.74, 6) is -0.303. The first-order chi connectivity index (χ1) is 14.7. The second-order valence-electron chi connectivity index (χ2n) is 12.1. The Bertz CT molecular complexity index is 709. The highest BCUT2D eigenvalue weighted by Crippen LogP contribution is 2.38. The maximum Gasteiger partial charge on any atom is 0.408 e. The van der Waals surface area contributed by atoms with Gasteiger partial charge in [-0.05, 0) is 70.3 Å². The number of ether oxygens (including phenoxy) is 1. The molecular weight excluding hydrogens is 456 g/mol. The van der Waals surface area contributed by atoms with Crippen molar-refractivity contribution in [3.05, 3.63) is 23.4 Å². The highest BCUT2D eigenvalue weighted by Gasteiger charge is 2.39. The molecular formula is C25H47ClN2O4Si. The Kier molecular flexibility index (Phi) is 11.9. The van der Waals surface area contributed by atoms with Crippen molar-refractivity contribution in [2.75, 3.05) is 0 Å². The van der Waals surface area contributed by atoms with Crippen molar-refractivity contribution in [2.24, 2.45) is 5.41 Å². The van der Waals surface area contributed by atoms with Crippen molar-refractivity contribution in [2.45, 2.75) is 118 Å². The quantitative estimate of drug-likeness (QED) is 0.337. The summed E-state index contributed by atoms with van der Waals surface area (Å²) in [5.41, 5.74) is -1.14. The molecule has 2 amide bonds. The fourth-order valence-electron chi connectivity index (χ4n) is 2.62. The third kappa shape index (κ3) is 13.2. The van der Waals surface area contributed by atoms with Crippen molar-refractivity contribution < 1.29 is 18.8 Å². The van der Waals surface area contributed by atoms with Gasteiger partial charge < -0.3 is 19.8 Å². The molecule has 0 aliphatic heterocycles. The summed E-state index contributed by atoms with van der Waals surface area (Å²) < 4.78 is 11.9. The fourth-order valence-corrected chi connectivity index (χ4v) is 4.09. The second kappa shape index (κ2) is 12.4. The topological polar surface area (TPSA) is 76.7 Å². The Balaban J connectivity index is 5.23. The molecule has 8 heteroatoms. The lowest BCUT2D eigenvalue weighted by Crippen LogP contribution is -2.53. The number of allylic oxidation sites excluding steroid dienone is 1. The van der Waals surface area contributed by atoms with Crippen molar-refractivity contribution >= 4 is 31.9 Å². The number of carbonyl (C=O) groups is 2. The largest absolute Gasteiger partial charge is 0.444 e. The molecule has 0 saturated heterocycles. The van der Waals surface area contributed by atoms with Crippen LogP contribution in [0.2, 0.25) is 18.1 Å². The standard InChI is InChI=1S/C25H47ClN2O4Si/c1-18(26)15-16-19(32-33(11,12)25(8,9)10)14-13-17-27-21(29)20(23(2,3)4)28-22(30)31-24(5,6)7/h13,15,17,19-20H,14,16H2,1-12H3,(H,27,29)(H,28,30)/t19-,20-/m1/s1. The highest BCUT2D eigenvalue weighted by molar-refractivity contribution is 6.74. The van der Waals surface area contributed by atoms with E-state index in [2.05, 4.69) is 44.5 Å². The van der Waals surface area contributed by atoms with Gasteiger partial charge in [-0.2, -0.15) is 0 Å². The zero-order valence-electron chi connectivity index (χ0n) is 22.8. The van der Waals surface area contributed by atoms with Crippen LogP contribution in [0.15, 0.2) is 23.4 Å². The van der Waals surface area contributed by atoms with E-state index in [-0.39, 0.29) is 17.0 Å². The summed E-state index contributed by atoms with van der Waals surface area (Å²) in [4.78, 5) is 25.0. The lowest BCUT2D eigenvalue weighted by atomic mass is 9.86. The summed E-state index contributed by atoms with van der Waals surface area (Å²) in [6.45, 7) is 23.9. The van der Waals surface area contributed by atoms with Gasteiger partial charge in [0.15, 0.2) is 8.32 Å². The Morgan fingerprint density at radius 3 is 1.97 bits per heavy atom. The molecule has 0 aliphatic carbocycles. The molecule has 192 valence electrons. The molecule has 0 radical (unpaired) electrons. The number of alkyl carbamates (subject to hydrolysis) is 1. The number of rotatable bonds is 9. The minimum absolute atomic E-state index is 0.0361. The van der Waals surface area contributed by atoms with E-state index in [1.165, 1.54) is 0 Å². The van der Waals surface area contributed by atoms with Crippen LogP contribution in [0.1, 0.15) is 82.1 Å². The Labute approximate surface area is 208 Å². The van der Waals surface area contributed by atoms with E-state index in [4.69, 9.17) is 20.8 Å². The molecule has 0 aromatic rings. The average molecular weight is 503 g/mol. The van der Waals surface area contributed by atoms with E-state index >= 15 is 0 Å². The molecule has 0 heterocycles. The highest BCUT2D eigenvalue weighted by atomic mass is 35.5. The van der Waals surface area contributed by atoms with Crippen LogP contribution in [0, 0.1) is 5.41 Å². The van der Waals surface area contributed by atoms with Crippen LogP contribution in [-0.4, -0.2) is 38.1 Å². The smallest absolute Gasteiger partial charge is 0.408 e. The molecule has 0 aromatic carbocycles. The maximum absolute atomic E-state index is 12.8. The number of halogens is 1. The van der Waals surface area contributed by atoms with Crippen LogP contribution in [0.3, 0.4) is 0 Å². The number of amides is 2. The SMILES string of the molecule is CC(Cl)=CC[C@@H](CC=CNC(=O)[C@@H](NC(=O)OC(C)(C)C)C(C)(C)C)O[Si](C)(C)C(C)(C)C. The van der Waals surface area contributed by atoms with Crippen molar-refractivity contribution in [3.8, 4) is 0 Å². The molecule has 0 rings (SSSR count). The fraction of sp³-hybridized carbons (Fsp3) is 0.760. The predicted molar refractivity (Wildman–Crippen MR) is 141 cm³/mol. The monoisotopic (exact) mass is 502 g/mol. The average Bonchev–Trinajstić information content (AvgIpc) is 2.57. The lowest BCUT2D eigenvalue weighted by molar-refractivity contribution is -0.124. The normalized spacial score (nSPS) is 15.8. The number of nitrogens with one attached hydrogen (secondary N) is 2. The molecule has 0 aliphatic rings. The molecule has 6 nitrogen and oxygen atoms in total. The molecule has 0 spiro atoms. The lowest BCUT2D eigenvalue weighted by Gasteiger charge is -2.39. The molecule has 2 atom stereocenters. The first-order valence-corrected chi connectivity index (χ1v) is 14.9. The van der Waals surface area contributed by atoms with Crippen LogP contribution in [-0.2, 0) is 14.0 Å². The van der Waals surface area contributed by atoms with Gasteiger partial charge in [0.1, 0.15) is 11.6 Å². The third-order valence-corrected chi connectivity index (χ3v) is 10.2. The van der Waals surface area contributed by atoms with E-state index in [9.17, 15) is 9.59 Å². The van der Waals surface area contributed by atoms with E-state index in [1.807, 2.05) is 39.8 Å². The van der Waals surface area contributed by atoms with Crippen molar-refractivity contribution in [1.82, 2.24) is 10.6 Å². The Morgan fingerprint density at radius 1 is 1.00 bits per heavy atom. The number of hydrogen-bond donors (Lipinski definition) is 2. The Morgan fingerprint density at radius 2 is 1.55 bits per heavy atom. The summed E-state index contributed by atoms with van der Waals surface area (Å²) in [6, 6.07) is -0.752. The predicted octanol–water partition coefficient (Wildman–Crippen LogP) is 6.87. The first-order valence-electron chi connectivity index (χ1n) is 11.6. The number of carbonyl (C=O) groups excluding carboxylic acids is 2. The summed E-state index contributed by atoms with van der Waals surface area (Å²) in [7, 11) is -1.96. The van der Waals surface area contributed by atoms with Crippen LogP contribution < -0.4 is 10.6 Å². The van der Waals surface area contributed by atoms with Crippen LogP contribution in [0.25, 0.3) is 0 Å². The molecule has 0 aromatic heterocycles. The molecule has 0 fully saturated rings. The molecule has 2 N–H and O–H groups in total. The zero-order chi connectivity index (χ0) is 26.3. The van der Waals surface area contributed by atoms with E-state index < -0.39 is 31.5 Å². The van der Waals surface area contributed by atoms with Crippen LogP contribution in [0.4, 0.5) is 4.79 Å². The van der Waals surface area contributed by atoms with Gasteiger partial charge in [0, 0.05) is 5.03 Å². The maximum atomic E-state index is 12.8. The molecule has 33 heavy (non-hydrogen) atoms. The van der Waals surface area contributed by atoms with Gasteiger partial charge >= 0.3 is 6.09 Å². The van der Waals surface area contributed by atoms with Gasteiger partial charge in [-0.3, -0.25) is 4.79 Å². The van der Waals surface area contributed by atoms with Crippen LogP contribution >= 0.6 is 11.6 Å². The van der Waals surface area contributed by atoms with E-state index in [0.717, 1.165) is 5.03 Å². The van der Waals surface area contributed by atoms with Gasteiger partial charge in [0.25, 0.3) is 0 Å². The number of hydrogen-bond acceptors (Lipinski definition) is 4. The summed E-state index contributed by atoms with van der Waals surface area (Å²) in [5, 5.41) is 6.32. The molecule has 0 bridgehead atoms. The van der Waals surface area contributed by atoms with Crippen LogP contribution in [0.5, 0.6) is 0 Å². The van der Waals surface area contributed by atoms with Crippen molar-refractivity contribution in [1.29, 1.82) is 0 Å². The summed E-state index contributed by atoms with van der Waals surface area (Å²) in [6.07, 6.45) is 6.15. The van der Waals surface area contributed by atoms with Gasteiger partial charge in [-0.15, -0.1) is 0 Å². The molecule has 0 unspecified atom stereocenters. The van der Waals surface area contributed by atoms with Crippen molar-refractivity contribution in [3.63, 3.8) is 0 Å². The van der Waals surface area contributed by atoms with Gasteiger partial charge in [-0.25, -0.2) is 4.79 Å². The van der Waals surface area contributed by atoms with Gasteiger partial charge in [0.2, 0.25) is 5.91 Å². The summed E-state index contributed by atoms with van der Waals surface area (Å²) >= 11 is 6.04. The van der Waals surface area contributed by atoms with E-state index in [0.29, 0.717) is 12.8 Å². The Hall–Kier alpha value is -1.31. The van der Waals surface area contributed by atoms with E-state index in [1.54, 1.807) is 27.0 Å². The molecule has 0 saturated carbocycles. The van der Waals surface area contributed by atoms with Gasteiger partial charge in [-0.1, -0.05) is 65.3 Å². The minimum Gasteiger partial charge on any atom is -0.444 e. The first kappa shape index (κ1) is 31.7. The minimum atomic E-state index is -1.96. The second-order valence-corrected chi connectivity index (χ2v) is 17.5. The zero-order valence-corrected chi connectivity index (χ0v) is 24.6. The van der Waals surface area contributed by atoms with Gasteiger partial charge in [0.05, 0.1) is 6.10 Å². The third-order valence-electron chi connectivity index (χ3n) is 5.46.